The summed E-state index contributed by atoms with van der Waals surface area (Å²) in [5.41, 5.74) is 3.30. The highest BCUT2D eigenvalue weighted by atomic mass is 15.0. The fourth-order valence-electron chi connectivity index (χ4n) is 1.89. The Bertz CT molecular complexity index is 656. The van der Waals surface area contributed by atoms with Crippen LogP contribution in [0, 0.1) is 0 Å². The van der Waals surface area contributed by atoms with Gasteiger partial charge in [-0.25, -0.2) is 4.99 Å². The van der Waals surface area contributed by atoms with Crippen LogP contribution in [-0.2, 0) is 0 Å². The van der Waals surface area contributed by atoms with Gasteiger partial charge in [-0.2, -0.15) is 0 Å². The summed E-state index contributed by atoms with van der Waals surface area (Å²) in [7, 11) is 0. The summed E-state index contributed by atoms with van der Waals surface area (Å²) in [5, 5.41) is 3.14. The summed E-state index contributed by atoms with van der Waals surface area (Å²) < 4.78 is 0. The van der Waals surface area contributed by atoms with E-state index in [1.165, 1.54) is 11.8 Å². The van der Waals surface area contributed by atoms with Crippen molar-refractivity contribution in [3.05, 3.63) is 103 Å². The van der Waals surface area contributed by atoms with Crippen LogP contribution in [0.1, 0.15) is 19.4 Å². The maximum absolute atomic E-state index is 4.15. The number of hydrogen-bond donors (Lipinski definition) is 1. The van der Waals surface area contributed by atoms with Gasteiger partial charge < -0.3 is 5.32 Å². The molecule has 0 radical (unpaired) electrons. The van der Waals surface area contributed by atoms with Gasteiger partial charge in [0.05, 0.1) is 0 Å². The molecule has 1 aromatic carbocycles. The molecule has 1 rings (SSSR count). The van der Waals surface area contributed by atoms with E-state index in [1.54, 1.807) is 6.08 Å². The van der Waals surface area contributed by atoms with Crippen LogP contribution in [-0.4, -0.2) is 5.84 Å². The molecule has 0 fully saturated rings. The van der Waals surface area contributed by atoms with Crippen molar-refractivity contribution < 1.29 is 0 Å². The molecule has 0 unspecified atom stereocenters. The van der Waals surface area contributed by atoms with E-state index >= 15 is 0 Å². The summed E-state index contributed by atoms with van der Waals surface area (Å²) in [6, 6.07) is 10.3. The minimum absolute atomic E-state index is 0.726. The number of aliphatic imine (C=N–C) groups is 1. The zero-order valence-electron chi connectivity index (χ0n) is 13.9. The lowest BCUT2D eigenvalue weighted by Crippen LogP contribution is -2.14. The van der Waals surface area contributed by atoms with Gasteiger partial charge in [0.25, 0.3) is 0 Å². The fraction of sp³-hybridized carbons (Fsp3) is 0.0952. The number of benzene rings is 1. The number of nitrogens with zero attached hydrogens (tertiary/aromatic N) is 1. The van der Waals surface area contributed by atoms with Crippen molar-refractivity contribution in [2.24, 2.45) is 4.99 Å². The summed E-state index contributed by atoms with van der Waals surface area (Å²) in [6.07, 6.45) is 15.1. The number of hydrogen-bond acceptors (Lipinski definition) is 1. The predicted molar refractivity (Wildman–Crippen MR) is 103 cm³/mol. The van der Waals surface area contributed by atoms with E-state index in [0.29, 0.717) is 0 Å². The molecule has 0 aromatic heterocycles. The monoisotopic (exact) mass is 304 g/mol. The molecule has 23 heavy (non-hydrogen) atoms. The average Bonchev–Trinajstić information content (AvgIpc) is 2.59. The number of amidine groups is 1. The molecule has 1 aromatic rings. The minimum atomic E-state index is 0.726. The maximum atomic E-state index is 4.15. The topological polar surface area (TPSA) is 24.4 Å². The Kier molecular flexibility index (Phi) is 8.54. The second-order valence-electron chi connectivity index (χ2n) is 4.63. The Morgan fingerprint density at radius 1 is 1.04 bits per heavy atom. The first-order chi connectivity index (χ1) is 11.2. The fourth-order valence-corrected chi connectivity index (χ4v) is 1.89. The van der Waals surface area contributed by atoms with E-state index in [2.05, 4.69) is 47.8 Å². The minimum Gasteiger partial charge on any atom is -0.346 e. The van der Waals surface area contributed by atoms with E-state index < -0.39 is 0 Å². The number of allylic oxidation sites excluding steroid dienone is 7. The molecular formula is C21H24N2. The summed E-state index contributed by atoms with van der Waals surface area (Å²) in [5.74, 6) is 0.726. The van der Waals surface area contributed by atoms with E-state index in [0.717, 1.165) is 17.0 Å². The molecule has 0 aliphatic carbocycles. The molecule has 118 valence electrons. The number of rotatable bonds is 7. The normalized spacial score (nSPS) is 13.6. The number of nitrogens with one attached hydrogen (secondary N) is 1. The lowest BCUT2D eigenvalue weighted by molar-refractivity contribution is 1.25. The van der Waals surface area contributed by atoms with Gasteiger partial charge >= 0.3 is 0 Å². The molecule has 0 bridgehead atoms. The van der Waals surface area contributed by atoms with Crippen molar-refractivity contribution in [2.45, 2.75) is 13.8 Å². The molecule has 0 spiro atoms. The first kappa shape index (κ1) is 18.2. The van der Waals surface area contributed by atoms with Crippen LogP contribution >= 0.6 is 0 Å². The van der Waals surface area contributed by atoms with Crippen LogP contribution in [0.2, 0.25) is 0 Å². The molecule has 0 saturated heterocycles. The Balaban J connectivity index is 2.90. The van der Waals surface area contributed by atoms with Crippen molar-refractivity contribution in [3.63, 3.8) is 0 Å². The highest BCUT2D eigenvalue weighted by Crippen LogP contribution is 2.16. The summed E-state index contributed by atoms with van der Waals surface area (Å²) in [6.45, 7) is 11.4. The Morgan fingerprint density at radius 3 is 2.35 bits per heavy atom. The third-order valence-electron chi connectivity index (χ3n) is 3.05. The van der Waals surface area contributed by atoms with Crippen molar-refractivity contribution in [1.29, 1.82) is 0 Å². The average molecular weight is 304 g/mol. The smallest absolute Gasteiger partial charge is 0.129 e. The highest BCUT2D eigenvalue weighted by Gasteiger charge is 1.95. The van der Waals surface area contributed by atoms with Crippen molar-refractivity contribution in [1.82, 2.24) is 5.32 Å². The molecule has 0 saturated carbocycles. The Labute approximate surface area is 139 Å². The second-order valence-corrected chi connectivity index (χ2v) is 4.63. The summed E-state index contributed by atoms with van der Waals surface area (Å²) >= 11 is 0. The molecule has 0 aliphatic heterocycles. The lowest BCUT2D eigenvalue weighted by atomic mass is 10.0. The zero-order chi connectivity index (χ0) is 16.9. The Morgan fingerprint density at radius 2 is 1.78 bits per heavy atom. The summed E-state index contributed by atoms with van der Waals surface area (Å²) in [4.78, 5) is 4.15. The van der Waals surface area contributed by atoms with Gasteiger partial charge in [-0.05, 0) is 36.6 Å². The third-order valence-corrected chi connectivity index (χ3v) is 3.05. The van der Waals surface area contributed by atoms with E-state index in [-0.39, 0.29) is 0 Å². The lowest BCUT2D eigenvalue weighted by Gasteiger charge is -2.03. The predicted octanol–water partition coefficient (Wildman–Crippen LogP) is 5.42. The second kappa shape index (κ2) is 10.8. The quantitative estimate of drug-likeness (QED) is 0.406. The molecule has 0 aliphatic rings. The van der Waals surface area contributed by atoms with Crippen molar-refractivity contribution in [3.8, 4) is 0 Å². The van der Waals surface area contributed by atoms with Crippen LogP contribution in [0.4, 0.5) is 0 Å². The molecular weight excluding hydrogens is 280 g/mol. The standard InChI is InChI=1S/C21H24N2/c1-5-12-21(22-8-4)23-17-18(6-2)15-16-19(7-3)20-13-10-9-11-14-20/h5-17H,2,4H2,1,3H3,(H,22,23)/b12-5-,16-15-,18-17+,19-7+. The van der Waals surface area contributed by atoms with Gasteiger partial charge in [-0.3, -0.25) is 0 Å². The SMILES string of the molecule is C=C/N=C(\C=C/C)N/C=C(C=C)/C=C\C(=C/C)c1ccccc1. The zero-order valence-corrected chi connectivity index (χ0v) is 13.9. The highest BCUT2D eigenvalue weighted by molar-refractivity contribution is 5.94. The Hall–Kier alpha value is -2.87. The molecule has 1 N–H and O–H groups in total. The van der Waals surface area contributed by atoms with Gasteiger partial charge in [0.15, 0.2) is 0 Å². The van der Waals surface area contributed by atoms with Gasteiger partial charge in [-0.1, -0.05) is 73.9 Å². The maximum Gasteiger partial charge on any atom is 0.129 e. The largest absolute Gasteiger partial charge is 0.346 e. The van der Waals surface area contributed by atoms with E-state index in [9.17, 15) is 0 Å². The van der Waals surface area contributed by atoms with Crippen LogP contribution in [0.25, 0.3) is 5.57 Å². The van der Waals surface area contributed by atoms with Crippen LogP contribution < -0.4 is 5.32 Å². The van der Waals surface area contributed by atoms with Crippen LogP contribution in [0.3, 0.4) is 0 Å². The molecule has 2 nitrogen and oxygen atoms in total. The van der Waals surface area contributed by atoms with E-state index in [1.807, 2.05) is 56.5 Å². The first-order valence-corrected chi connectivity index (χ1v) is 7.55. The first-order valence-electron chi connectivity index (χ1n) is 7.55. The van der Waals surface area contributed by atoms with Crippen LogP contribution in [0.5, 0.6) is 0 Å². The van der Waals surface area contributed by atoms with Gasteiger partial charge in [-0.15, -0.1) is 0 Å². The van der Waals surface area contributed by atoms with Crippen molar-refractivity contribution >= 4 is 11.4 Å². The molecule has 0 amide bonds. The molecule has 2 heteroatoms. The molecule has 0 heterocycles. The van der Waals surface area contributed by atoms with Gasteiger partial charge in [0.2, 0.25) is 0 Å². The van der Waals surface area contributed by atoms with Crippen LogP contribution in [0.15, 0.2) is 103 Å². The van der Waals surface area contributed by atoms with Gasteiger partial charge in [0, 0.05) is 12.4 Å². The van der Waals surface area contributed by atoms with Crippen molar-refractivity contribution in [2.75, 3.05) is 0 Å². The molecule has 0 atom stereocenters. The van der Waals surface area contributed by atoms with Gasteiger partial charge in [0.1, 0.15) is 5.84 Å². The third kappa shape index (κ3) is 6.62. The van der Waals surface area contributed by atoms with E-state index in [4.69, 9.17) is 0 Å².